The summed E-state index contributed by atoms with van der Waals surface area (Å²) in [4.78, 5) is 3.02. The molecule has 2 bridgehead atoms. The van der Waals surface area contributed by atoms with Crippen LogP contribution in [0.4, 0.5) is 0 Å². The molecule has 2 saturated heterocycles. The molecule has 122 valence electrons. The second kappa shape index (κ2) is 7.00. The lowest BCUT2D eigenvalue weighted by Gasteiger charge is -2.53. The molecule has 3 fully saturated rings. The average molecular weight is 293 g/mol. The van der Waals surface area contributed by atoms with E-state index in [0.29, 0.717) is 0 Å². The summed E-state index contributed by atoms with van der Waals surface area (Å²) in [5.41, 5.74) is 0. The Hall–Kier alpha value is -0.0800. The highest BCUT2D eigenvalue weighted by molar-refractivity contribution is 5.01. The lowest BCUT2D eigenvalue weighted by atomic mass is 9.79. The smallest absolute Gasteiger partial charge is 0.0129 e. The summed E-state index contributed by atoms with van der Waals surface area (Å²) in [7, 11) is 0. The SMILES string of the molecule is CCCNC1CC2CCCC(C1)N2C1CCC(CC)C1C. The van der Waals surface area contributed by atoms with Gasteiger partial charge in [-0.1, -0.05) is 33.6 Å². The van der Waals surface area contributed by atoms with Gasteiger partial charge in [-0.15, -0.1) is 0 Å². The third-order valence-electron chi connectivity index (χ3n) is 6.81. The maximum absolute atomic E-state index is 3.82. The third-order valence-corrected chi connectivity index (χ3v) is 6.81. The van der Waals surface area contributed by atoms with Crippen LogP contribution in [0.5, 0.6) is 0 Å². The van der Waals surface area contributed by atoms with Crippen LogP contribution in [-0.2, 0) is 0 Å². The zero-order valence-electron chi connectivity index (χ0n) is 14.5. The predicted molar refractivity (Wildman–Crippen MR) is 90.5 cm³/mol. The molecule has 3 rings (SSSR count). The van der Waals surface area contributed by atoms with Crippen LogP contribution in [-0.4, -0.2) is 35.6 Å². The van der Waals surface area contributed by atoms with E-state index in [1.54, 1.807) is 0 Å². The van der Waals surface area contributed by atoms with Crippen LogP contribution < -0.4 is 5.32 Å². The molecule has 5 atom stereocenters. The van der Waals surface area contributed by atoms with Crippen LogP contribution in [0.15, 0.2) is 0 Å². The van der Waals surface area contributed by atoms with Gasteiger partial charge in [-0.05, 0) is 63.3 Å². The lowest BCUT2D eigenvalue weighted by Crippen LogP contribution is -2.60. The monoisotopic (exact) mass is 292 g/mol. The van der Waals surface area contributed by atoms with E-state index in [2.05, 4.69) is 31.0 Å². The largest absolute Gasteiger partial charge is 0.314 e. The van der Waals surface area contributed by atoms with Crippen LogP contribution in [0.3, 0.4) is 0 Å². The summed E-state index contributed by atoms with van der Waals surface area (Å²) in [6.45, 7) is 8.43. The van der Waals surface area contributed by atoms with E-state index < -0.39 is 0 Å². The van der Waals surface area contributed by atoms with Crippen LogP contribution >= 0.6 is 0 Å². The molecule has 5 unspecified atom stereocenters. The fourth-order valence-corrected chi connectivity index (χ4v) is 5.70. The first-order valence-corrected chi connectivity index (χ1v) is 9.75. The van der Waals surface area contributed by atoms with Gasteiger partial charge in [0.25, 0.3) is 0 Å². The van der Waals surface area contributed by atoms with Crippen LogP contribution in [0.25, 0.3) is 0 Å². The second-order valence-electron chi connectivity index (χ2n) is 7.98. The van der Waals surface area contributed by atoms with Crippen molar-refractivity contribution < 1.29 is 0 Å². The molecule has 3 aliphatic rings. The summed E-state index contributed by atoms with van der Waals surface area (Å²) >= 11 is 0. The number of fused-ring (bicyclic) bond motifs is 2. The zero-order chi connectivity index (χ0) is 14.8. The Balaban J connectivity index is 1.66. The van der Waals surface area contributed by atoms with Gasteiger partial charge >= 0.3 is 0 Å². The van der Waals surface area contributed by atoms with Crippen molar-refractivity contribution >= 4 is 0 Å². The minimum Gasteiger partial charge on any atom is -0.314 e. The van der Waals surface area contributed by atoms with Crippen molar-refractivity contribution in [3.63, 3.8) is 0 Å². The van der Waals surface area contributed by atoms with Crippen molar-refractivity contribution in [2.24, 2.45) is 11.8 Å². The summed E-state index contributed by atoms with van der Waals surface area (Å²) < 4.78 is 0. The Bertz CT molecular complexity index is 316. The van der Waals surface area contributed by atoms with Gasteiger partial charge in [0.15, 0.2) is 0 Å². The summed E-state index contributed by atoms with van der Waals surface area (Å²) in [6, 6.07) is 3.47. The molecular formula is C19H36N2. The first-order valence-electron chi connectivity index (χ1n) is 9.75. The van der Waals surface area contributed by atoms with Crippen molar-refractivity contribution in [3.8, 4) is 0 Å². The fraction of sp³-hybridized carbons (Fsp3) is 1.00. The van der Waals surface area contributed by atoms with E-state index in [9.17, 15) is 0 Å². The molecular weight excluding hydrogens is 256 g/mol. The first kappa shape index (κ1) is 15.8. The summed E-state index contributed by atoms with van der Waals surface area (Å²) in [6.07, 6.45) is 12.8. The Morgan fingerprint density at radius 2 is 1.71 bits per heavy atom. The van der Waals surface area contributed by atoms with Crippen molar-refractivity contribution in [2.45, 2.75) is 103 Å². The molecule has 21 heavy (non-hydrogen) atoms. The molecule has 1 saturated carbocycles. The Morgan fingerprint density at radius 3 is 2.29 bits per heavy atom. The van der Waals surface area contributed by atoms with Gasteiger partial charge in [-0.25, -0.2) is 0 Å². The van der Waals surface area contributed by atoms with Gasteiger partial charge in [0.2, 0.25) is 0 Å². The van der Waals surface area contributed by atoms with Gasteiger partial charge < -0.3 is 5.32 Å². The van der Waals surface area contributed by atoms with Crippen LogP contribution in [0.1, 0.15) is 78.6 Å². The van der Waals surface area contributed by atoms with Gasteiger partial charge in [0, 0.05) is 24.2 Å². The highest BCUT2D eigenvalue weighted by Gasteiger charge is 2.45. The van der Waals surface area contributed by atoms with E-state index >= 15 is 0 Å². The fourth-order valence-electron chi connectivity index (χ4n) is 5.70. The van der Waals surface area contributed by atoms with Gasteiger partial charge in [-0.3, -0.25) is 4.90 Å². The topological polar surface area (TPSA) is 15.3 Å². The average Bonchev–Trinajstić information content (AvgIpc) is 2.84. The molecule has 1 aliphatic carbocycles. The lowest BCUT2D eigenvalue weighted by molar-refractivity contribution is -0.0236. The van der Waals surface area contributed by atoms with Crippen molar-refractivity contribution in [2.75, 3.05) is 6.54 Å². The van der Waals surface area contributed by atoms with Gasteiger partial charge in [-0.2, -0.15) is 0 Å². The number of piperidine rings is 2. The first-order chi connectivity index (χ1) is 10.2. The number of nitrogens with one attached hydrogen (secondary N) is 1. The Kier molecular flexibility index (Phi) is 5.27. The molecule has 2 nitrogen and oxygen atoms in total. The maximum atomic E-state index is 3.82. The van der Waals surface area contributed by atoms with E-state index in [1.807, 2.05) is 0 Å². The number of hydrogen-bond donors (Lipinski definition) is 1. The molecule has 0 aromatic carbocycles. The van der Waals surface area contributed by atoms with Crippen molar-refractivity contribution in [1.82, 2.24) is 10.2 Å². The third kappa shape index (κ3) is 3.17. The number of nitrogens with zero attached hydrogens (tertiary/aromatic N) is 1. The molecule has 0 amide bonds. The molecule has 2 aliphatic heterocycles. The van der Waals surface area contributed by atoms with E-state index in [4.69, 9.17) is 0 Å². The molecule has 2 heteroatoms. The van der Waals surface area contributed by atoms with E-state index in [0.717, 1.165) is 36.0 Å². The molecule has 2 heterocycles. The van der Waals surface area contributed by atoms with Crippen molar-refractivity contribution in [3.05, 3.63) is 0 Å². The second-order valence-corrected chi connectivity index (χ2v) is 7.98. The number of rotatable bonds is 5. The van der Waals surface area contributed by atoms with E-state index in [1.165, 1.54) is 64.3 Å². The molecule has 0 aromatic heterocycles. The van der Waals surface area contributed by atoms with Gasteiger partial charge in [0.05, 0.1) is 0 Å². The highest BCUT2D eigenvalue weighted by atomic mass is 15.2. The minimum absolute atomic E-state index is 0.801. The van der Waals surface area contributed by atoms with Crippen LogP contribution in [0.2, 0.25) is 0 Å². The summed E-state index contributed by atoms with van der Waals surface area (Å²) in [5, 5.41) is 3.82. The Morgan fingerprint density at radius 1 is 1.00 bits per heavy atom. The quantitative estimate of drug-likeness (QED) is 0.817. The number of hydrogen-bond acceptors (Lipinski definition) is 2. The van der Waals surface area contributed by atoms with E-state index in [-0.39, 0.29) is 0 Å². The minimum atomic E-state index is 0.801. The van der Waals surface area contributed by atoms with Crippen LogP contribution in [0, 0.1) is 11.8 Å². The molecule has 1 N–H and O–H groups in total. The molecule has 0 spiro atoms. The standard InChI is InChI=1S/C19H36N2/c1-4-11-20-16-12-17-7-6-8-18(13-16)21(17)19-10-9-15(5-2)14(19)3/h14-20H,4-13H2,1-3H3. The van der Waals surface area contributed by atoms with Crippen molar-refractivity contribution in [1.29, 1.82) is 0 Å². The molecule has 0 aromatic rings. The molecule has 0 radical (unpaired) electrons. The maximum Gasteiger partial charge on any atom is 0.0129 e. The summed E-state index contributed by atoms with van der Waals surface area (Å²) in [5.74, 6) is 1.92. The van der Waals surface area contributed by atoms with Gasteiger partial charge in [0.1, 0.15) is 0 Å². The predicted octanol–water partition coefficient (Wildman–Crippen LogP) is 4.20. The normalized spacial score (nSPS) is 44.1. The zero-order valence-corrected chi connectivity index (χ0v) is 14.5. The highest BCUT2D eigenvalue weighted by Crippen LogP contribution is 2.44. The Labute approximate surface area is 132 Å².